The molecule has 0 aliphatic carbocycles. The first-order valence-electron chi connectivity index (χ1n) is 7.24. The summed E-state index contributed by atoms with van der Waals surface area (Å²) < 4.78 is 11.7. The third-order valence-electron chi connectivity index (χ3n) is 4.14. The van der Waals surface area contributed by atoms with Gasteiger partial charge in [0.25, 0.3) is 0 Å². The first kappa shape index (κ1) is 14.7. The van der Waals surface area contributed by atoms with Gasteiger partial charge in [-0.25, -0.2) is 0 Å². The fourth-order valence-electron chi connectivity index (χ4n) is 3.04. The van der Waals surface area contributed by atoms with Crippen molar-refractivity contribution in [1.29, 1.82) is 0 Å². The van der Waals surface area contributed by atoms with Crippen LogP contribution in [-0.4, -0.2) is 59.2 Å². The smallest absolute Gasteiger partial charge is 0.184 e. The van der Waals surface area contributed by atoms with Gasteiger partial charge in [-0.2, -0.15) is 0 Å². The Morgan fingerprint density at radius 3 is 2.76 bits per heavy atom. The van der Waals surface area contributed by atoms with Crippen LogP contribution in [0.4, 0.5) is 0 Å². The van der Waals surface area contributed by atoms with Crippen molar-refractivity contribution >= 4 is 0 Å². The van der Waals surface area contributed by atoms with Crippen molar-refractivity contribution in [3.63, 3.8) is 0 Å². The molecule has 1 aromatic carbocycles. The van der Waals surface area contributed by atoms with Gasteiger partial charge in [0, 0.05) is 18.7 Å². The number of hydrogen-bond acceptors (Lipinski definition) is 5. The second-order valence-electron chi connectivity index (χ2n) is 5.54. The number of benzene rings is 1. The van der Waals surface area contributed by atoms with Crippen molar-refractivity contribution in [3.8, 4) is 0 Å². The van der Waals surface area contributed by atoms with E-state index in [1.165, 1.54) is 0 Å². The largest absolute Gasteiger partial charge is 0.389 e. The minimum absolute atomic E-state index is 0.0682. The lowest BCUT2D eigenvalue weighted by molar-refractivity contribution is -0.286. The number of likely N-dealkylation sites (tertiary alicyclic amines) is 1. The zero-order valence-corrected chi connectivity index (χ0v) is 11.8. The standard InChI is InChI=1S/C16H21NO4/c1-2-8-17-9-13(18)14(19)15-12(17)10-20-16(21-15)11-6-4-3-5-7-11/h2-7,12-16,18-19H,1,8-10H2/t12-,13+,14-,15-,16?/m1/s1. The molecule has 0 aromatic heterocycles. The maximum atomic E-state index is 10.2. The molecule has 21 heavy (non-hydrogen) atoms. The number of aliphatic hydroxyl groups is 2. The Morgan fingerprint density at radius 1 is 1.29 bits per heavy atom. The minimum Gasteiger partial charge on any atom is -0.389 e. The molecule has 114 valence electrons. The minimum atomic E-state index is -0.897. The molecule has 5 atom stereocenters. The van der Waals surface area contributed by atoms with Gasteiger partial charge in [0.15, 0.2) is 6.29 Å². The van der Waals surface area contributed by atoms with Gasteiger partial charge in [-0.1, -0.05) is 36.4 Å². The topological polar surface area (TPSA) is 62.2 Å². The van der Waals surface area contributed by atoms with Crippen LogP contribution in [0.15, 0.2) is 43.0 Å². The normalized spacial score (nSPS) is 37.0. The van der Waals surface area contributed by atoms with Gasteiger partial charge >= 0.3 is 0 Å². The number of fused-ring (bicyclic) bond motifs is 1. The Bertz CT molecular complexity index is 480. The van der Waals surface area contributed by atoms with Crippen molar-refractivity contribution < 1.29 is 19.7 Å². The van der Waals surface area contributed by atoms with Crippen LogP contribution >= 0.6 is 0 Å². The van der Waals surface area contributed by atoms with E-state index in [1.54, 1.807) is 6.08 Å². The SMILES string of the molecule is C=CCN1C[C@H](O)[C@@H](O)[C@@H]2OC(c3ccccc3)OC[C@H]21. The molecular weight excluding hydrogens is 270 g/mol. The molecule has 0 saturated carbocycles. The fraction of sp³-hybridized carbons (Fsp3) is 0.500. The third kappa shape index (κ3) is 2.88. The number of ether oxygens (including phenoxy) is 2. The molecule has 5 nitrogen and oxygen atoms in total. The Kier molecular flexibility index (Phi) is 4.37. The van der Waals surface area contributed by atoms with Gasteiger partial charge in [0.2, 0.25) is 0 Å². The zero-order valence-electron chi connectivity index (χ0n) is 11.8. The molecule has 2 aliphatic rings. The van der Waals surface area contributed by atoms with Crippen LogP contribution in [0.3, 0.4) is 0 Å². The van der Waals surface area contributed by atoms with Gasteiger partial charge < -0.3 is 19.7 Å². The summed E-state index contributed by atoms with van der Waals surface area (Å²) in [6.07, 6.45) is -0.900. The summed E-state index contributed by atoms with van der Waals surface area (Å²) in [4.78, 5) is 2.04. The maximum absolute atomic E-state index is 10.2. The quantitative estimate of drug-likeness (QED) is 0.803. The summed E-state index contributed by atoms with van der Waals surface area (Å²) in [6.45, 7) is 5.22. The molecule has 1 aromatic rings. The molecule has 0 spiro atoms. The molecule has 0 amide bonds. The van der Waals surface area contributed by atoms with Crippen LogP contribution in [0.25, 0.3) is 0 Å². The average molecular weight is 291 g/mol. The van der Waals surface area contributed by atoms with E-state index >= 15 is 0 Å². The summed E-state index contributed by atoms with van der Waals surface area (Å²) in [5.41, 5.74) is 0.915. The van der Waals surface area contributed by atoms with E-state index in [-0.39, 0.29) is 6.04 Å². The van der Waals surface area contributed by atoms with Crippen molar-refractivity contribution in [1.82, 2.24) is 4.90 Å². The summed E-state index contributed by atoms with van der Waals surface area (Å²) in [7, 11) is 0. The lowest BCUT2D eigenvalue weighted by atomic mass is 9.93. The number of hydrogen-bond donors (Lipinski definition) is 2. The van der Waals surface area contributed by atoms with Crippen molar-refractivity contribution in [2.45, 2.75) is 30.6 Å². The average Bonchev–Trinajstić information content (AvgIpc) is 2.53. The number of piperidine rings is 1. The summed E-state index contributed by atoms with van der Waals surface area (Å²) in [5, 5.41) is 20.3. The van der Waals surface area contributed by atoms with E-state index in [1.807, 2.05) is 35.2 Å². The highest BCUT2D eigenvalue weighted by Crippen LogP contribution is 2.33. The zero-order chi connectivity index (χ0) is 14.8. The Hall–Kier alpha value is -1.24. The fourth-order valence-corrected chi connectivity index (χ4v) is 3.04. The maximum Gasteiger partial charge on any atom is 0.184 e. The molecule has 0 radical (unpaired) electrons. The van der Waals surface area contributed by atoms with E-state index < -0.39 is 24.6 Å². The summed E-state index contributed by atoms with van der Waals surface area (Å²) in [6, 6.07) is 9.56. The van der Waals surface area contributed by atoms with Crippen molar-refractivity contribution in [3.05, 3.63) is 48.6 Å². The van der Waals surface area contributed by atoms with Crippen LogP contribution in [0, 0.1) is 0 Å². The van der Waals surface area contributed by atoms with E-state index in [4.69, 9.17) is 9.47 Å². The Balaban J connectivity index is 1.78. The van der Waals surface area contributed by atoms with Gasteiger partial charge in [-0.3, -0.25) is 4.90 Å². The lowest BCUT2D eigenvalue weighted by Gasteiger charge is -2.49. The van der Waals surface area contributed by atoms with E-state index in [0.29, 0.717) is 19.7 Å². The Labute approximate surface area is 124 Å². The molecule has 5 heteroatoms. The molecule has 2 fully saturated rings. The van der Waals surface area contributed by atoms with Crippen LogP contribution < -0.4 is 0 Å². The highest BCUT2D eigenvalue weighted by atomic mass is 16.7. The molecule has 2 saturated heterocycles. The van der Waals surface area contributed by atoms with E-state index in [0.717, 1.165) is 5.56 Å². The van der Waals surface area contributed by atoms with E-state index in [2.05, 4.69) is 6.58 Å². The molecule has 2 aliphatic heterocycles. The summed E-state index contributed by atoms with van der Waals surface area (Å²) >= 11 is 0. The van der Waals surface area contributed by atoms with Crippen LogP contribution in [0.1, 0.15) is 11.9 Å². The lowest BCUT2D eigenvalue weighted by Crippen LogP contribution is -2.65. The molecule has 2 N–H and O–H groups in total. The van der Waals surface area contributed by atoms with Crippen LogP contribution in [0.5, 0.6) is 0 Å². The van der Waals surface area contributed by atoms with Gasteiger partial charge in [0.1, 0.15) is 12.2 Å². The molecular formula is C16H21NO4. The molecule has 0 bridgehead atoms. The highest BCUT2D eigenvalue weighted by Gasteiger charge is 2.46. The van der Waals surface area contributed by atoms with Gasteiger partial charge in [0.05, 0.1) is 18.8 Å². The first-order chi connectivity index (χ1) is 10.2. The monoisotopic (exact) mass is 291 g/mol. The summed E-state index contributed by atoms with van der Waals surface area (Å²) in [5.74, 6) is 0. The second kappa shape index (κ2) is 6.25. The Morgan fingerprint density at radius 2 is 2.05 bits per heavy atom. The molecule has 1 unspecified atom stereocenters. The third-order valence-corrected chi connectivity index (χ3v) is 4.14. The second-order valence-corrected chi connectivity index (χ2v) is 5.54. The van der Waals surface area contributed by atoms with Gasteiger partial charge in [-0.05, 0) is 0 Å². The van der Waals surface area contributed by atoms with Gasteiger partial charge in [-0.15, -0.1) is 6.58 Å². The first-order valence-corrected chi connectivity index (χ1v) is 7.24. The highest BCUT2D eigenvalue weighted by molar-refractivity contribution is 5.17. The number of rotatable bonds is 3. The van der Waals surface area contributed by atoms with Crippen molar-refractivity contribution in [2.75, 3.05) is 19.7 Å². The number of aliphatic hydroxyl groups excluding tert-OH is 2. The van der Waals surface area contributed by atoms with Crippen molar-refractivity contribution in [2.24, 2.45) is 0 Å². The predicted octanol–water partition coefficient (Wildman–Crippen LogP) is 0.693. The van der Waals surface area contributed by atoms with Crippen LogP contribution in [-0.2, 0) is 9.47 Å². The van der Waals surface area contributed by atoms with Crippen LogP contribution in [0.2, 0.25) is 0 Å². The molecule has 3 rings (SSSR count). The predicted molar refractivity (Wildman–Crippen MR) is 77.6 cm³/mol. The van der Waals surface area contributed by atoms with E-state index in [9.17, 15) is 10.2 Å². The number of β-amino-alcohol motifs (C(OH)–C–C–N with tert-alkyl or cyclic N) is 1. The molecule has 2 heterocycles. The number of nitrogens with zero attached hydrogens (tertiary/aromatic N) is 1.